The van der Waals surface area contributed by atoms with Gasteiger partial charge in [-0.15, -0.1) is 0 Å². The summed E-state index contributed by atoms with van der Waals surface area (Å²) in [4.78, 5) is 4.03. The van der Waals surface area contributed by atoms with E-state index in [1.54, 1.807) is 10.8 Å². The summed E-state index contributed by atoms with van der Waals surface area (Å²) in [5, 5.41) is 0. The lowest BCUT2D eigenvalue weighted by Crippen LogP contribution is -2.20. The van der Waals surface area contributed by atoms with Crippen LogP contribution in [0, 0.1) is 5.82 Å². The fourth-order valence-electron chi connectivity index (χ4n) is 2.13. The number of alkyl halides is 3. The third kappa shape index (κ3) is 3.24. The van der Waals surface area contributed by atoms with E-state index in [2.05, 4.69) is 4.98 Å². The van der Waals surface area contributed by atoms with Gasteiger partial charge in [-0.1, -0.05) is 6.92 Å². The van der Waals surface area contributed by atoms with Gasteiger partial charge in [0.25, 0.3) is 0 Å². The average molecular weight is 301 g/mol. The molecule has 1 atom stereocenters. The van der Waals surface area contributed by atoms with Gasteiger partial charge in [0.2, 0.25) is 0 Å². The highest BCUT2D eigenvalue weighted by molar-refractivity contribution is 5.32. The maximum Gasteiger partial charge on any atom is 0.416 e. The van der Waals surface area contributed by atoms with Gasteiger partial charge < -0.3 is 10.3 Å². The van der Waals surface area contributed by atoms with Crippen LogP contribution in [0.1, 0.15) is 36.3 Å². The molecule has 0 bridgehead atoms. The molecule has 114 valence electrons. The van der Waals surface area contributed by atoms with Gasteiger partial charge in [-0.2, -0.15) is 13.2 Å². The predicted octanol–water partition coefficient (Wildman–Crippen LogP) is 3.50. The van der Waals surface area contributed by atoms with Crippen LogP contribution in [-0.2, 0) is 12.7 Å². The van der Waals surface area contributed by atoms with Crippen LogP contribution in [0.15, 0.2) is 30.6 Å². The van der Waals surface area contributed by atoms with Gasteiger partial charge in [0.15, 0.2) is 0 Å². The molecule has 2 aromatic rings. The van der Waals surface area contributed by atoms with Gasteiger partial charge >= 0.3 is 6.18 Å². The SMILES string of the molecule is CCCn1ccnc1C(N)c1cc(C(F)(F)F)ccc1F. The Bertz CT molecular complexity index is 619. The molecule has 0 fully saturated rings. The number of nitrogens with zero attached hydrogens (tertiary/aromatic N) is 2. The predicted molar refractivity (Wildman–Crippen MR) is 70.0 cm³/mol. The van der Waals surface area contributed by atoms with Crippen LogP contribution in [0.5, 0.6) is 0 Å². The van der Waals surface area contributed by atoms with Crippen molar-refractivity contribution >= 4 is 0 Å². The van der Waals surface area contributed by atoms with E-state index in [4.69, 9.17) is 5.73 Å². The van der Waals surface area contributed by atoms with Crippen molar-refractivity contribution in [3.63, 3.8) is 0 Å². The topological polar surface area (TPSA) is 43.8 Å². The number of benzene rings is 1. The molecular weight excluding hydrogens is 286 g/mol. The van der Waals surface area contributed by atoms with Crippen LogP contribution >= 0.6 is 0 Å². The van der Waals surface area contributed by atoms with Crippen molar-refractivity contribution in [3.8, 4) is 0 Å². The Hall–Kier alpha value is -1.89. The number of imidazole rings is 1. The number of nitrogens with two attached hydrogens (primary N) is 1. The monoisotopic (exact) mass is 301 g/mol. The number of hydrogen-bond donors (Lipinski definition) is 1. The first-order valence-electron chi connectivity index (χ1n) is 6.47. The molecule has 0 saturated carbocycles. The zero-order chi connectivity index (χ0) is 15.6. The molecule has 21 heavy (non-hydrogen) atoms. The van der Waals surface area contributed by atoms with Crippen molar-refractivity contribution in [2.45, 2.75) is 32.1 Å². The summed E-state index contributed by atoms with van der Waals surface area (Å²) in [5.41, 5.74) is 4.77. The van der Waals surface area contributed by atoms with E-state index in [9.17, 15) is 17.6 Å². The van der Waals surface area contributed by atoms with E-state index in [1.807, 2.05) is 6.92 Å². The summed E-state index contributed by atoms with van der Waals surface area (Å²) >= 11 is 0. The summed E-state index contributed by atoms with van der Waals surface area (Å²) in [6, 6.07) is 1.18. The van der Waals surface area contributed by atoms with Crippen molar-refractivity contribution in [2.24, 2.45) is 5.73 Å². The minimum atomic E-state index is -4.54. The maximum atomic E-state index is 13.8. The van der Waals surface area contributed by atoms with Crippen molar-refractivity contribution in [2.75, 3.05) is 0 Å². The van der Waals surface area contributed by atoms with E-state index < -0.39 is 23.6 Å². The van der Waals surface area contributed by atoms with Crippen LogP contribution < -0.4 is 5.73 Å². The molecule has 3 nitrogen and oxygen atoms in total. The summed E-state index contributed by atoms with van der Waals surface area (Å²) in [6.07, 6.45) is -0.567. The lowest BCUT2D eigenvalue weighted by molar-refractivity contribution is -0.137. The molecular formula is C14H15F4N3. The summed E-state index contributed by atoms with van der Waals surface area (Å²) < 4.78 is 53.7. The van der Waals surface area contributed by atoms with E-state index in [0.29, 0.717) is 18.4 Å². The summed E-state index contributed by atoms with van der Waals surface area (Å²) in [5.74, 6) is -0.434. The molecule has 1 aromatic heterocycles. The Labute approximate surface area is 119 Å². The first-order valence-corrected chi connectivity index (χ1v) is 6.47. The second-order valence-electron chi connectivity index (χ2n) is 4.69. The van der Waals surface area contributed by atoms with E-state index in [1.165, 1.54) is 6.20 Å². The van der Waals surface area contributed by atoms with Crippen molar-refractivity contribution < 1.29 is 17.6 Å². The maximum absolute atomic E-state index is 13.8. The molecule has 0 radical (unpaired) electrons. The van der Waals surface area contributed by atoms with Gasteiger partial charge in [-0.25, -0.2) is 9.37 Å². The third-order valence-electron chi connectivity index (χ3n) is 3.15. The Morgan fingerprint density at radius 2 is 2.05 bits per heavy atom. The van der Waals surface area contributed by atoms with Crippen LogP contribution in [0.4, 0.5) is 17.6 Å². The highest BCUT2D eigenvalue weighted by Crippen LogP contribution is 2.32. The first kappa shape index (κ1) is 15.5. The Kier molecular flexibility index (Phi) is 4.32. The second-order valence-corrected chi connectivity index (χ2v) is 4.69. The van der Waals surface area contributed by atoms with Crippen molar-refractivity contribution in [1.82, 2.24) is 9.55 Å². The molecule has 0 aliphatic heterocycles. The Balaban J connectivity index is 2.43. The standard InChI is InChI=1S/C14H15F4N3/c1-2-6-21-7-5-20-13(21)12(19)10-8-9(14(16,17)18)3-4-11(10)15/h3-5,7-8,12H,2,6,19H2,1H3. The number of aryl methyl sites for hydroxylation is 1. The zero-order valence-electron chi connectivity index (χ0n) is 11.4. The highest BCUT2D eigenvalue weighted by Gasteiger charge is 2.32. The molecule has 0 aliphatic rings. The summed E-state index contributed by atoms with van der Waals surface area (Å²) in [7, 11) is 0. The zero-order valence-corrected chi connectivity index (χ0v) is 11.4. The fourth-order valence-corrected chi connectivity index (χ4v) is 2.13. The first-order chi connectivity index (χ1) is 9.84. The van der Waals surface area contributed by atoms with Gasteiger partial charge in [-0.3, -0.25) is 0 Å². The van der Waals surface area contributed by atoms with Gasteiger partial charge in [0.1, 0.15) is 11.6 Å². The van der Waals surface area contributed by atoms with E-state index >= 15 is 0 Å². The normalized spacial score (nSPS) is 13.4. The largest absolute Gasteiger partial charge is 0.416 e. The smallest absolute Gasteiger partial charge is 0.333 e. The molecule has 7 heteroatoms. The molecule has 0 saturated heterocycles. The highest BCUT2D eigenvalue weighted by atomic mass is 19.4. The third-order valence-corrected chi connectivity index (χ3v) is 3.15. The van der Waals surface area contributed by atoms with E-state index in [0.717, 1.165) is 18.6 Å². The second kappa shape index (κ2) is 5.85. The lowest BCUT2D eigenvalue weighted by atomic mass is 10.0. The number of aromatic nitrogens is 2. The molecule has 1 heterocycles. The molecule has 2 rings (SSSR count). The number of hydrogen-bond acceptors (Lipinski definition) is 2. The number of halogens is 4. The van der Waals surface area contributed by atoms with E-state index in [-0.39, 0.29) is 5.56 Å². The molecule has 1 unspecified atom stereocenters. The minimum Gasteiger partial charge on any atom is -0.333 e. The molecule has 0 amide bonds. The van der Waals surface area contributed by atoms with Gasteiger partial charge in [-0.05, 0) is 24.6 Å². The van der Waals surface area contributed by atoms with Crippen molar-refractivity contribution in [3.05, 3.63) is 53.4 Å². The Morgan fingerprint density at radius 3 is 2.67 bits per heavy atom. The van der Waals surface area contributed by atoms with Gasteiger partial charge in [0, 0.05) is 24.5 Å². The van der Waals surface area contributed by atoms with Crippen LogP contribution in [0.3, 0.4) is 0 Å². The fraction of sp³-hybridized carbons (Fsp3) is 0.357. The molecule has 0 aliphatic carbocycles. The van der Waals surface area contributed by atoms with Gasteiger partial charge in [0.05, 0.1) is 11.6 Å². The average Bonchev–Trinajstić information content (AvgIpc) is 2.86. The molecule has 2 N–H and O–H groups in total. The molecule has 0 spiro atoms. The van der Waals surface area contributed by atoms with Crippen molar-refractivity contribution in [1.29, 1.82) is 0 Å². The number of rotatable bonds is 4. The quantitative estimate of drug-likeness (QED) is 0.878. The van der Waals surface area contributed by atoms with Crippen LogP contribution in [0.25, 0.3) is 0 Å². The lowest BCUT2D eigenvalue weighted by Gasteiger charge is -2.16. The minimum absolute atomic E-state index is 0.214. The summed E-state index contributed by atoms with van der Waals surface area (Å²) in [6.45, 7) is 2.56. The Morgan fingerprint density at radius 1 is 1.33 bits per heavy atom. The van der Waals surface area contributed by atoms with Crippen LogP contribution in [0.2, 0.25) is 0 Å². The van der Waals surface area contributed by atoms with Crippen LogP contribution in [-0.4, -0.2) is 9.55 Å². The molecule has 1 aromatic carbocycles.